The van der Waals surface area contributed by atoms with Crippen LogP contribution in [0.2, 0.25) is 0 Å². The Balaban J connectivity index is 1.77. The molecule has 1 aromatic heterocycles. The second kappa shape index (κ2) is 11.4. The molecule has 5 nitrogen and oxygen atoms in total. The summed E-state index contributed by atoms with van der Waals surface area (Å²) in [6.07, 6.45) is 13.5. The SMILES string of the molecule is CCCCCNC(=O)C=Cc1ccc(C(C)(C)NCCCn2ccnc2)cc1. The van der Waals surface area contributed by atoms with Crippen LogP contribution in [0.25, 0.3) is 6.08 Å². The molecular weight excluding hydrogens is 348 g/mol. The van der Waals surface area contributed by atoms with Gasteiger partial charge in [-0.3, -0.25) is 4.79 Å². The number of nitrogens with one attached hydrogen (secondary N) is 2. The van der Waals surface area contributed by atoms with Crippen molar-refractivity contribution < 1.29 is 4.79 Å². The molecule has 1 aromatic carbocycles. The van der Waals surface area contributed by atoms with Crippen LogP contribution in [0.5, 0.6) is 0 Å². The minimum Gasteiger partial charge on any atom is -0.353 e. The highest BCUT2D eigenvalue weighted by Crippen LogP contribution is 2.20. The smallest absolute Gasteiger partial charge is 0.243 e. The number of unbranched alkanes of at least 4 members (excludes halogenated alkanes) is 2. The Kier molecular flexibility index (Phi) is 8.95. The highest BCUT2D eigenvalue weighted by molar-refractivity contribution is 5.91. The normalized spacial score (nSPS) is 11.8. The molecule has 0 unspecified atom stereocenters. The van der Waals surface area contributed by atoms with Gasteiger partial charge in [0, 0.05) is 37.1 Å². The lowest BCUT2D eigenvalue weighted by atomic mass is 9.93. The third-order valence-corrected chi connectivity index (χ3v) is 4.86. The van der Waals surface area contributed by atoms with Gasteiger partial charge in [0.15, 0.2) is 0 Å². The molecule has 0 aliphatic carbocycles. The van der Waals surface area contributed by atoms with Crippen molar-refractivity contribution in [2.45, 2.75) is 58.5 Å². The zero-order valence-electron chi connectivity index (χ0n) is 17.4. The van der Waals surface area contributed by atoms with E-state index < -0.39 is 0 Å². The molecule has 152 valence electrons. The fourth-order valence-electron chi connectivity index (χ4n) is 3.01. The molecular formula is C23H34N4O. The standard InChI is InChI=1S/C23H34N4O/c1-4-5-6-14-25-22(28)13-10-20-8-11-21(12-9-20)23(2,3)26-15-7-17-27-18-16-24-19-27/h8-13,16,18-19,26H,4-7,14-15,17H2,1-3H3,(H,25,28). The molecule has 0 spiro atoms. The van der Waals surface area contributed by atoms with Crippen LogP contribution >= 0.6 is 0 Å². The van der Waals surface area contributed by atoms with Crippen molar-refractivity contribution in [1.29, 1.82) is 0 Å². The van der Waals surface area contributed by atoms with Gasteiger partial charge in [-0.25, -0.2) is 4.98 Å². The van der Waals surface area contributed by atoms with Gasteiger partial charge < -0.3 is 15.2 Å². The van der Waals surface area contributed by atoms with E-state index in [-0.39, 0.29) is 11.4 Å². The van der Waals surface area contributed by atoms with E-state index in [4.69, 9.17) is 0 Å². The molecule has 0 saturated carbocycles. The van der Waals surface area contributed by atoms with Gasteiger partial charge in [0.2, 0.25) is 5.91 Å². The molecule has 2 rings (SSSR count). The molecule has 1 amide bonds. The Labute approximate surface area is 169 Å². The maximum Gasteiger partial charge on any atom is 0.243 e. The number of benzene rings is 1. The van der Waals surface area contributed by atoms with E-state index in [1.165, 1.54) is 5.56 Å². The van der Waals surface area contributed by atoms with E-state index in [9.17, 15) is 4.79 Å². The monoisotopic (exact) mass is 382 g/mol. The second-order valence-electron chi connectivity index (χ2n) is 7.66. The highest BCUT2D eigenvalue weighted by Gasteiger charge is 2.18. The number of amides is 1. The summed E-state index contributed by atoms with van der Waals surface area (Å²) in [5.41, 5.74) is 2.16. The molecule has 2 N–H and O–H groups in total. The van der Waals surface area contributed by atoms with Crippen LogP contribution < -0.4 is 10.6 Å². The van der Waals surface area contributed by atoms with Crippen molar-refractivity contribution in [3.63, 3.8) is 0 Å². The van der Waals surface area contributed by atoms with Crippen molar-refractivity contribution in [3.8, 4) is 0 Å². The number of hydrogen-bond donors (Lipinski definition) is 2. The molecule has 0 radical (unpaired) electrons. The Hall–Kier alpha value is -2.40. The van der Waals surface area contributed by atoms with Gasteiger partial charge in [-0.1, -0.05) is 44.0 Å². The number of hydrogen-bond acceptors (Lipinski definition) is 3. The summed E-state index contributed by atoms with van der Waals surface area (Å²) < 4.78 is 2.09. The van der Waals surface area contributed by atoms with Crippen LogP contribution in [0, 0.1) is 0 Å². The molecule has 1 heterocycles. The molecule has 0 atom stereocenters. The van der Waals surface area contributed by atoms with E-state index in [1.54, 1.807) is 6.08 Å². The number of carbonyl (C=O) groups is 1. The van der Waals surface area contributed by atoms with Gasteiger partial charge in [-0.05, 0) is 50.4 Å². The second-order valence-corrected chi connectivity index (χ2v) is 7.66. The van der Waals surface area contributed by atoms with Crippen molar-refractivity contribution in [2.75, 3.05) is 13.1 Å². The quantitative estimate of drug-likeness (QED) is 0.429. The molecule has 5 heteroatoms. The van der Waals surface area contributed by atoms with Gasteiger partial charge in [0.05, 0.1) is 6.33 Å². The summed E-state index contributed by atoms with van der Waals surface area (Å²) in [7, 11) is 0. The lowest BCUT2D eigenvalue weighted by Gasteiger charge is -2.27. The lowest BCUT2D eigenvalue weighted by molar-refractivity contribution is -0.116. The summed E-state index contributed by atoms with van der Waals surface area (Å²) in [5, 5.41) is 6.55. The average molecular weight is 383 g/mol. The summed E-state index contributed by atoms with van der Waals surface area (Å²) in [4.78, 5) is 15.9. The molecule has 2 aromatic rings. The number of carbonyl (C=O) groups excluding carboxylic acids is 1. The van der Waals surface area contributed by atoms with Crippen LogP contribution in [0.1, 0.15) is 57.6 Å². The van der Waals surface area contributed by atoms with Crippen LogP contribution in [0.15, 0.2) is 49.1 Å². The third-order valence-electron chi connectivity index (χ3n) is 4.86. The van der Waals surface area contributed by atoms with E-state index >= 15 is 0 Å². The molecule has 0 bridgehead atoms. The molecule has 0 aliphatic heterocycles. The summed E-state index contributed by atoms with van der Waals surface area (Å²) in [6.45, 7) is 9.19. The summed E-state index contributed by atoms with van der Waals surface area (Å²) in [5.74, 6) is -0.0277. The highest BCUT2D eigenvalue weighted by atomic mass is 16.1. The van der Waals surface area contributed by atoms with Crippen molar-refractivity contribution >= 4 is 12.0 Å². The van der Waals surface area contributed by atoms with Crippen LogP contribution in [0.4, 0.5) is 0 Å². The van der Waals surface area contributed by atoms with Crippen molar-refractivity contribution in [1.82, 2.24) is 20.2 Å². The van der Waals surface area contributed by atoms with E-state index in [0.29, 0.717) is 0 Å². The first-order valence-corrected chi connectivity index (χ1v) is 10.3. The first-order chi connectivity index (χ1) is 13.5. The molecule has 28 heavy (non-hydrogen) atoms. The number of aryl methyl sites for hydroxylation is 1. The molecule has 0 aliphatic rings. The zero-order chi connectivity index (χ0) is 20.2. The Morgan fingerprint density at radius 2 is 1.93 bits per heavy atom. The van der Waals surface area contributed by atoms with E-state index in [2.05, 4.69) is 65.2 Å². The Morgan fingerprint density at radius 3 is 2.61 bits per heavy atom. The predicted octanol–water partition coefficient (Wildman–Crippen LogP) is 4.12. The van der Waals surface area contributed by atoms with Gasteiger partial charge in [0.1, 0.15) is 0 Å². The zero-order valence-corrected chi connectivity index (χ0v) is 17.4. The predicted molar refractivity (Wildman–Crippen MR) is 116 cm³/mol. The number of aromatic nitrogens is 2. The van der Waals surface area contributed by atoms with Gasteiger partial charge in [0.25, 0.3) is 0 Å². The minimum absolute atomic E-state index is 0.0277. The fraction of sp³-hybridized carbons (Fsp3) is 0.478. The topological polar surface area (TPSA) is 59.0 Å². The third kappa shape index (κ3) is 7.69. The Morgan fingerprint density at radius 1 is 1.14 bits per heavy atom. The van der Waals surface area contributed by atoms with Crippen LogP contribution in [-0.2, 0) is 16.9 Å². The van der Waals surface area contributed by atoms with Crippen molar-refractivity contribution in [2.24, 2.45) is 0 Å². The number of nitrogens with zero attached hydrogens (tertiary/aromatic N) is 2. The summed E-state index contributed by atoms with van der Waals surface area (Å²) in [6, 6.07) is 8.37. The molecule has 0 saturated heterocycles. The van der Waals surface area contributed by atoms with Gasteiger partial charge in [-0.2, -0.15) is 0 Å². The lowest BCUT2D eigenvalue weighted by Crippen LogP contribution is -2.37. The largest absolute Gasteiger partial charge is 0.353 e. The average Bonchev–Trinajstić information content (AvgIpc) is 3.21. The first kappa shape index (κ1) is 21.9. The van der Waals surface area contributed by atoms with Gasteiger partial charge in [-0.15, -0.1) is 0 Å². The minimum atomic E-state index is -0.103. The van der Waals surface area contributed by atoms with E-state index in [1.807, 2.05) is 24.8 Å². The maximum absolute atomic E-state index is 11.8. The Bertz CT molecular complexity index is 718. The molecule has 0 fully saturated rings. The number of rotatable bonds is 12. The van der Waals surface area contributed by atoms with Crippen LogP contribution in [0.3, 0.4) is 0 Å². The van der Waals surface area contributed by atoms with Gasteiger partial charge >= 0.3 is 0 Å². The van der Waals surface area contributed by atoms with Crippen molar-refractivity contribution in [3.05, 3.63) is 60.2 Å². The first-order valence-electron chi connectivity index (χ1n) is 10.3. The number of imidazole rings is 1. The van der Waals surface area contributed by atoms with E-state index in [0.717, 1.165) is 50.9 Å². The fourth-order valence-corrected chi connectivity index (χ4v) is 3.01. The van der Waals surface area contributed by atoms with Crippen LogP contribution in [-0.4, -0.2) is 28.5 Å². The summed E-state index contributed by atoms with van der Waals surface area (Å²) >= 11 is 0. The maximum atomic E-state index is 11.8.